The normalized spacial score (nSPS) is 13.9. The van der Waals surface area contributed by atoms with E-state index in [9.17, 15) is 9.36 Å². The van der Waals surface area contributed by atoms with E-state index in [1.807, 2.05) is 19.1 Å². The highest BCUT2D eigenvalue weighted by Gasteiger charge is 2.24. The van der Waals surface area contributed by atoms with Gasteiger partial charge in [0.1, 0.15) is 0 Å². The first-order valence-electron chi connectivity index (χ1n) is 10.6. The van der Waals surface area contributed by atoms with Crippen LogP contribution >= 0.6 is 18.9 Å². The Bertz CT molecular complexity index is 854. The lowest BCUT2D eigenvalue weighted by Gasteiger charge is -2.24. The van der Waals surface area contributed by atoms with Gasteiger partial charge in [0.2, 0.25) is 0 Å². The lowest BCUT2D eigenvalue weighted by atomic mass is 9.94. The summed E-state index contributed by atoms with van der Waals surface area (Å²) < 4.78 is 11.0. The van der Waals surface area contributed by atoms with Gasteiger partial charge in [0, 0.05) is 16.8 Å². The number of nitrogens with two attached hydrogens (primary N) is 1. The Morgan fingerprint density at radius 2 is 1.70 bits per heavy atom. The van der Waals surface area contributed by atoms with Crippen LogP contribution in [0.25, 0.3) is 0 Å². The second-order valence-electron chi connectivity index (χ2n) is 8.36. The number of carbonyl (C=O) groups excluding carboxylic acids is 1. The van der Waals surface area contributed by atoms with Gasteiger partial charge in [-0.3, -0.25) is 9.36 Å². The van der Waals surface area contributed by atoms with Crippen molar-refractivity contribution < 1.29 is 19.1 Å². The van der Waals surface area contributed by atoms with Crippen LogP contribution in [0.3, 0.4) is 0 Å². The van der Waals surface area contributed by atoms with Crippen LogP contribution in [0.4, 0.5) is 0 Å². The van der Waals surface area contributed by atoms with Crippen LogP contribution in [0.5, 0.6) is 0 Å². The smallest absolute Gasteiger partial charge is 0.325 e. The molecule has 1 heterocycles. The maximum atomic E-state index is 12.5. The number of thiophene rings is 1. The van der Waals surface area contributed by atoms with E-state index in [4.69, 9.17) is 15.5 Å². The van der Waals surface area contributed by atoms with Gasteiger partial charge in [-0.25, -0.2) is 0 Å². The highest BCUT2D eigenvalue weighted by atomic mass is 32.1. The van der Waals surface area contributed by atoms with Gasteiger partial charge in [0.25, 0.3) is 0 Å². The number of ketones is 1. The number of hydrogen-bond acceptors (Lipinski definition) is 4. The number of carbonyl (C=O) groups is 1. The van der Waals surface area contributed by atoms with Crippen LogP contribution in [-0.2, 0) is 23.8 Å². The molecule has 0 saturated carbocycles. The fourth-order valence-corrected chi connectivity index (χ4v) is 5.05. The van der Waals surface area contributed by atoms with Crippen LogP contribution in [0.2, 0.25) is 0 Å². The van der Waals surface area contributed by atoms with E-state index in [2.05, 4.69) is 31.2 Å². The summed E-state index contributed by atoms with van der Waals surface area (Å²) in [4.78, 5) is 32.4. The van der Waals surface area contributed by atoms with Crippen LogP contribution < -0.4 is 5.73 Å². The van der Waals surface area contributed by atoms with Gasteiger partial charge >= 0.3 is 7.60 Å². The second-order valence-corrected chi connectivity index (χ2v) is 11.3. The third kappa shape index (κ3) is 9.23. The quantitative estimate of drug-likeness (QED) is 0.223. The molecule has 0 bridgehead atoms. The topological polar surface area (TPSA) is 101 Å². The van der Waals surface area contributed by atoms with Crippen molar-refractivity contribution in [1.29, 1.82) is 0 Å². The van der Waals surface area contributed by atoms with Crippen molar-refractivity contribution in [2.45, 2.75) is 70.8 Å². The van der Waals surface area contributed by atoms with Crippen molar-refractivity contribution in [3.63, 3.8) is 0 Å². The maximum absolute atomic E-state index is 12.5. The highest BCUT2D eigenvalue weighted by Crippen LogP contribution is 2.37. The zero-order valence-electron chi connectivity index (χ0n) is 18.0. The van der Waals surface area contributed by atoms with Gasteiger partial charge in [0.05, 0.1) is 11.0 Å². The fourth-order valence-electron chi connectivity index (χ4n) is 3.28. The Hall–Kier alpha value is -1.30. The minimum absolute atomic E-state index is 0.185. The number of unbranched alkanes of at least 4 members (excludes halogenated alkanes) is 1. The predicted molar refractivity (Wildman–Crippen MR) is 124 cm³/mol. The van der Waals surface area contributed by atoms with Crippen LogP contribution in [-0.4, -0.2) is 27.3 Å². The summed E-state index contributed by atoms with van der Waals surface area (Å²) in [5.74, 6) is 0.185. The molecule has 1 atom stereocenters. The first-order valence-corrected chi connectivity index (χ1v) is 13.2. The van der Waals surface area contributed by atoms with Gasteiger partial charge in [-0.15, -0.1) is 11.3 Å². The van der Waals surface area contributed by atoms with Crippen LogP contribution in [0.1, 0.15) is 71.6 Å². The van der Waals surface area contributed by atoms with E-state index < -0.39 is 13.1 Å². The van der Waals surface area contributed by atoms with Crippen molar-refractivity contribution in [2.75, 3.05) is 6.16 Å². The molecule has 0 amide bonds. The van der Waals surface area contributed by atoms with E-state index >= 15 is 0 Å². The molecule has 0 spiro atoms. The van der Waals surface area contributed by atoms with Crippen LogP contribution in [0, 0.1) is 0 Å². The Labute approximate surface area is 183 Å². The summed E-state index contributed by atoms with van der Waals surface area (Å²) in [5.41, 5.74) is 8.21. The zero-order chi connectivity index (χ0) is 22.2. The van der Waals surface area contributed by atoms with E-state index in [0.717, 1.165) is 35.4 Å². The molecule has 0 saturated heterocycles. The van der Waals surface area contributed by atoms with E-state index in [-0.39, 0.29) is 18.4 Å². The summed E-state index contributed by atoms with van der Waals surface area (Å²) in [5, 5.41) is 0. The van der Waals surface area contributed by atoms with E-state index in [0.29, 0.717) is 19.3 Å². The Balaban J connectivity index is 1.72. The van der Waals surface area contributed by atoms with Crippen molar-refractivity contribution >= 4 is 24.7 Å². The Morgan fingerprint density at radius 1 is 1.03 bits per heavy atom. The van der Waals surface area contributed by atoms with Gasteiger partial charge in [-0.2, -0.15) is 0 Å². The van der Waals surface area contributed by atoms with Crippen molar-refractivity contribution in [2.24, 2.45) is 5.73 Å². The first kappa shape index (κ1) is 25.0. The molecule has 30 heavy (non-hydrogen) atoms. The molecule has 4 N–H and O–H groups in total. The summed E-state index contributed by atoms with van der Waals surface area (Å²) in [6.45, 7) is 3.97. The van der Waals surface area contributed by atoms with E-state index in [1.54, 1.807) is 0 Å². The number of aryl methyl sites for hydroxylation is 3. The van der Waals surface area contributed by atoms with Crippen molar-refractivity contribution in [1.82, 2.24) is 0 Å². The molecule has 2 aromatic rings. The highest BCUT2D eigenvalue weighted by molar-refractivity contribution is 7.51. The average Bonchev–Trinajstić information content (AvgIpc) is 3.17. The monoisotopic (exact) mass is 451 g/mol. The molecule has 0 aliphatic rings. The lowest BCUT2D eigenvalue weighted by molar-refractivity contribution is 0.0983. The summed E-state index contributed by atoms with van der Waals surface area (Å²) in [6, 6.07) is 12.6. The lowest BCUT2D eigenvalue weighted by Crippen LogP contribution is -2.37. The molecule has 2 rings (SSSR count). The van der Waals surface area contributed by atoms with Gasteiger partial charge in [-0.05, 0) is 75.1 Å². The fraction of sp³-hybridized carbons (Fsp3) is 0.522. The van der Waals surface area contributed by atoms with Gasteiger partial charge in [0.15, 0.2) is 5.78 Å². The molecule has 0 aliphatic heterocycles. The molecule has 1 unspecified atom stereocenters. The summed E-state index contributed by atoms with van der Waals surface area (Å²) in [6.07, 6.45) is 5.89. The minimum Gasteiger partial charge on any atom is -0.325 e. The third-order valence-electron chi connectivity index (χ3n) is 5.40. The molecule has 5 nitrogen and oxygen atoms in total. The molecule has 0 aliphatic carbocycles. The van der Waals surface area contributed by atoms with Gasteiger partial charge in [-0.1, -0.05) is 31.2 Å². The molecular weight excluding hydrogens is 417 g/mol. The molecule has 7 heteroatoms. The Kier molecular flexibility index (Phi) is 9.45. The number of benzene rings is 1. The number of hydrogen-bond donors (Lipinski definition) is 3. The molecule has 0 radical (unpaired) electrons. The number of Topliss-reactive ketones (excluding diaryl/α,β-unsaturated/α-hetero) is 1. The Morgan fingerprint density at radius 3 is 2.33 bits per heavy atom. The molecule has 1 aromatic carbocycles. The molecule has 0 fully saturated rings. The largest absolute Gasteiger partial charge is 0.325 e. The standard InChI is InChI=1S/C23H34NO4PS/c1-3-18-8-10-19(11-9-18)6-4-5-7-21(25)22-13-12-20(30-22)14-15-23(2,24)16-17-29(26,27)28/h8-13H,3-7,14-17,24H2,1-2H3,(H2,26,27,28). The summed E-state index contributed by atoms with van der Waals surface area (Å²) in [7, 11) is -4.03. The SMILES string of the molecule is CCc1ccc(CCCCC(=O)c2ccc(CCC(C)(N)CCP(=O)(O)O)s2)cc1. The maximum Gasteiger partial charge on any atom is 0.325 e. The zero-order valence-corrected chi connectivity index (χ0v) is 19.7. The second kappa shape index (κ2) is 11.4. The average molecular weight is 452 g/mol. The first-order chi connectivity index (χ1) is 14.1. The molecule has 166 valence electrons. The minimum atomic E-state index is -4.03. The molecular formula is C23H34NO4PS. The van der Waals surface area contributed by atoms with Gasteiger partial charge < -0.3 is 15.5 Å². The van der Waals surface area contributed by atoms with Crippen molar-refractivity contribution in [3.05, 3.63) is 57.3 Å². The van der Waals surface area contributed by atoms with Crippen LogP contribution in [0.15, 0.2) is 36.4 Å². The van der Waals surface area contributed by atoms with E-state index in [1.165, 1.54) is 22.5 Å². The van der Waals surface area contributed by atoms with Crippen molar-refractivity contribution in [3.8, 4) is 0 Å². The predicted octanol–water partition coefficient (Wildman–Crippen LogP) is 5.12. The number of rotatable bonds is 13. The molecule has 1 aromatic heterocycles. The summed E-state index contributed by atoms with van der Waals surface area (Å²) >= 11 is 1.51. The third-order valence-corrected chi connectivity index (χ3v) is 7.40.